The van der Waals surface area contributed by atoms with E-state index < -0.39 is 27.3 Å². The number of aryl methyl sites for hydroxylation is 1. The van der Waals surface area contributed by atoms with Crippen molar-refractivity contribution in [3.63, 3.8) is 0 Å². The summed E-state index contributed by atoms with van der Waals surface area (Å²) in [6, 6.07) is 0.393. The van der Waals surface area contributed by atoms with Crippen LogP contribution in [0.25, 0.3) is 0 Å². The molecule has 18 heavy (non-hydrogen) atoms. The number of carbonyl (C=O) groups is 1. The monoisotopic (exact) mass is 293 g/mol. The summed E-state index contributed by atoms with van der Waals surface area (Å²) in [5.74, 6) is 0.551. The third kappa shape index (κ3) is 3.14. The molecular weight excluding hydrogens is 282 g/mol. The van der Waals surface area contributed by atoms with Crippen molar-refractivity contribution in [1.82, 2.24) is 10.5 Å². The van der Waals surface area contributed by atoms with E-state index in [4.69, 9.17) is 16.1 Å². The van der Waals surface area contributed by atoms with Crippen LogP contribution in [0, 0.1) is 6.92 Å². The number of carbonyl (C=O) groups excluding carboxylic acids is 1. The number of sulfone groups is 1. The summed E-state index contributed by atoms with van der Waals surface area (Å²) in [5, 5.41) is 7.90. The molecule has 0 aromatic carbocycles. The van der Waals surface area contributed by atoms with Crippen LogP contribution < -0.4 is 10.6 Å². The number of alkyl halides is 1. The molecule has 9 heteroatoms. The zero-order valence-corrected chi connectivity index (χ0v) is 11.1. The SMILES string of the molecule is Cc1cc(NC(=O)N[C@@H]2CS(=O)(=O)C[C@H]2Cl)no1. The molecule has 0 radical (unpaired) electrons. The van der Waals surface area contributed by atoms with Crippen molar-refractivity contribution in [1.29, 1.82) is 0 Å². The Morgan fingerprint density at radius 2 is 2.28 bits per heavy atom. The second-order valence-corrected chi connectivity index (χ2v) is 6.84. The fourth-order valence-corrected chi connectivity index (χ4v) is 4.23. The lowest BCUT2D eigenvalue weighted by molar-refractivity contribution is 0.249. The second-order valence-electron chi connectivity index (χ2n) is 4.12. The maximum Gasteiger partial charge on any atom is 0.320 e. The molecule has 1 fully saturated rings. The average molecular weight is 294 g/mol. The van der Waals surface area contributed by atoms with Gasteiger partial charge in [-0.2, -0.15) is 0 Å². The number of nitrogens with one attached hydrogen (secondary N) is 2. The van der Waals surface area contributed by atoms with Crippen LogP contribution in [-0.4, -0.2) is 42.5 Å². The molecule has 0 unspecified atom stereocenters. The highest BCUT2D eigenvalue weighted by Crippen LogP contribution is 2.18. The van der Waals surface area contributed by atoms with Crippen LogP contribution in [-0.2, 0) is 9.84 Å². The van der Waals surface area contributed by atoms with Gasteiger partial charge >= 0.3 is 6.03 Å². The molecule has 1 aromatic rings. The third-order valence-corrected chi connectivity index (χ3v) is 4.84. The fourth-order valence-electron chi connectivity index (χ4n) is 1.68. The van der Waals surface area contributed by atoms with E-state index in [0.29, 0.717) is 5.76 Å². The van der Waals surface area contributed by atoms with E-state index in [1.165, 1.54) is 0 Å². The lowest BCUT2D eigenvalue weighted by Crippen LogP contribution is -2.43. The molecule has 2 rings (SSSR count). The number of halogens is 1. The number of nitrogens with zero attached hydrogens (tertiary/aromatic N) is 1. The van der Waals surface area contributed by atoms with E-state index in [0.717, 1.165) is 0 Å². The summed E-state index contributed by atoms with van der Waals surface area (Å²) in [5.41, 5.74) is 0. The van der Waals surface area contributed by atoms with Gasteiger partial charge in [0, 0.05) is 6.07 Å². The molecule has 1 saturated heterocycles. The van der Waals surface area contributed by atoms with E-state index in [1.54, 1.807) is 13.0 Å². The summed E-state index contributed by atoms with van der Waals surface area (Å²) < 4.78 is 27.4. The number of hydrogen-bond donors (Lipinski definition) is 2. The molecule has 1 aromatic heterocycles. The van der Waals surface area contributed by atoms with Crippen LogP contribution in [0.1, 0.15) is 5.76 Å². The van der Waals surface area contributed by atoms with Gasteiger partial charge in [0.25, 0.3) is 0 Å². The van der Waals surface area contributed by atoms with Crippen LogP contribution in [0.2, 0.25) is 0 Å². The molecule has 0 bridgehead atoms. The van der Waals surface area contributed by atoms with Crippen molar-refractivity contribution >= 4 is 33.3 Å². The van der Waals surface area contributed by atoms with E-state index in [-0.39, 0.29) is 17.3 Å². The molecule has 0 spiro atoms. The highest BCUT2D eigenvalue weighted by Gasteiger charge is 2.37. The first-order chi connectivity index (χ1) is 8.35. The van der Waals surface area contributed by atoms with Gasteiger partial charge in [0.2, 0.25) is 0 Å². The Hall–Kier alpha value is -1.28. The van der Waals surface area contributed by atoms with Gasteiger partial charge in [-0.1, -0.05) is 5.16 Å². The van der Waals surface area contributed by atoms with Gasteiger partial charge in [-0.3, -0.25) is 5.32 Å². The van der Waals surface area contributed by atoms with Gasteiger partial charge in [0.15, 0.2) is 15.7 Å². The maximum absolute atomic E-state index is 11.6. The largest absolute Gasteiger partial charge is 0.360 e. The molecule has 0 saturated carbocycles. The Morgan fingerprint density at radius 1 is 1.56 bits per heavy atom. The molecule has 2 atom stereocenters. The van der Waals surface area contributed by atoms with Crippen molar-refractivity contribution in [2.45, 2.75) is 18.3 Å². The van der Waals surface area contributed by atoms with Crippen molar-refractivity contribution in [3.05, 3.63) is 11.8 Å². The first-order valence-electron chi connectivity index (χ1n) is 5.21. The molecule has 100 valence electrons. The summed E-state index contributed by atoms with van der Waals surface area (Å²) in [7, 11) is -3.17. The Balaban J connectivity index is 1.92. The van der Waals surface area contributed by atoms with E-state index in [9.17, 15) is 13.2 Å². The first-order valence-corrected chi connectivity index (χ1v) is 7.47. The summed E-state index contributed by atoms with van der Waals surface area (Å²) in [4.78, 5) is 11.6. The predicted octanol–water partition coefficient (Wildman–Crippen LogP) is 0.509. The molecule has 2 heterocycles. The van der Waals surface area contributed by atoms with Crippen molar-refractivity contribution in [2.75, 3.05) is 16.8 Å². The van der Waals surface area contributed by atoms with E-state index in [2.05, 4.69) is 15.8 Å². The number of amides is 2. The van der Waals surface area contributed by atoms with Gasteiger partial charge in [0.05, 0.1) is 22.9 Å². The molecular formula is C9H12ClN3O4S. The maximum atomic E-state index is 11.6. The highest BCUT2D eigenvalue weighted by molar-refractivity contribution is 7.91. The third-order valence-electron chi connectivity index (χ3n) is 2.47. The lowest BCUT2D eigenvalue weighted by atomic mass is 10.2. The number of aromatic nitrogens is 1. The van der Waals surface area contributed by atoms with Gasteiger partial charge in [-0.25, -0.2) is 13.2 Å². The number of rotatable bonds is 2. The van der Waals surface area contributed by atoms with E-state index >= 15 is 0 Å². The number of hydrogen-bond acceptors (Lipinski definition) is 5. The summed E-state index contributed by atoms with van der Waals surface area (Å²) in [6.07, 6.45) is 0. The Labute approximate surface area is 109 Å². The van der Waals surface area contributed by atoms with Gasteiger partial charge < -0.3 is 9.84 Å². The minimum atomic E-state index is -3.17. The topological polar surface area (TPSA) is 101 Å². The second kappa shape index (κ2) is 4.77. The quantitative estimate of drug-likeness (QED) is 0.774. The van der Waals surface area contributed by atoms with Crippen molar-refractivity contribution in [3.8, 4) is 0 Å². The zero-order valence-electron chi connectivity index (χ0n) is 9.51. The van der Waals surface area contributed by atoms with Crippen LogP contribution >= 0.6 is 11.6 Å². The predicted molar refractivity (Wildman–Crippen MR) is 65.5 cm³/mol. The summed E-state index contributed by atoms with van der Waals surface area (Å²) >= 11 is 5.86. The Morgan fingerprint density at radius 3 is 2.78 bits per heavy atom. The van der Waals surface area contributed by atoms with Gasteiger partial charge in [0.1, 0.15) is 5.76 Å². The lowest BCUT2D eigenvalue weighted by Gasteiger charge is -2.13. The standard InChI is InChI=1S/C9H12ClN3O4S/c1-5-2-8(13-17-5)12-9(14)11-7-4-18(15,16)3-6(7)10/h2,6-7H,3-4H2,1H3,(H2,11,12,13,14)/t6-,7-/m1/s1. The van der Waals surface area contributed by atoms with Crippen LogP contribution in [0.5, 0.6) is 0 Å². The smallest absolute Gasteiger partial charge is 0.320 e. The number of anilines is 1. The number of urea groups is 1. The molecule has 2 amide bonds. The van der Waals surface area contributed by atoms with E-state index in [1.807, 2.05) is 0 Å². The van der Waals surface area contributed by atoms with Gasteiger partial charge in [-0.05, 0) is 6.92 Å². The van der Waals surface area contributed by atoms with Crippen molar-refractivity contribution in [2.24, 2.45) is 0 Å². The van der Waals surface area contributed by atoms with Crippen molar-refractivity contribution < 1.29 is 17.7 Å². The molecule has 1 aliphatic rings. The Kier molecular flexibility index (Phi) is 3.49. The molecule has 1 aliphatic heterocycles. The van der Waals surface area contributed by atoms with Crippen LogP contribution in [0.15, 0.2) is 10.6 Å². The van der Waals surface area contributed by atoms with Gasteiger partial charge in [-0.15, -0.1) is 11.6 Å². The molecule has 7 nitrogen and oxygen atoms in total. The first kappa shape index (κ1) is 13.2. The molecule has 0 aliphatic carbocycles. The minimum absolute atomic E-state index is 0.122. The normalized spacial score (nSPS) is 25.9. The minimum Gasteiger partial charge on any atom is -0.360 e. The van der Waals surface area contributed by atoms with Crippen LogP contribution in [0.3, 0.4) is 0 Å². The zero-order chi connectivity index (χ0) is 13.3. The Bertz CT molecular complexity index is 556. The molecule has 2 N–H and O–H groups in total. The van der Waals surface area contributed by atoms with Crippen LogP contribution in [0.4, 0.5) is 10.6 Å². The fraction of sp³-hybridized carbons (Fsp3) is 0.556. The highest BCUT2D eigenvalue weighted by atomic mass is 35.5. The average Bonchev–Trinajstić information content (AvgIpc) is 2.71. The summed E-state index contributed by atoms with van der Waals surface area (Å²) in [6.45, 7) is 1.69.